The molecule has 0 heterocycles. The van der Waals surface area contributed by atoms with Crippen molar-refractivity contribution in [2.75, 3.05) is 0 Å². The van der Waals surface area contributed by atoms with Crippen LogP contribution in [0.3, 0.4) is 0 Å². The van der Waals surface area contributed by atoms with Gasteiger partial charge in [0.05, 0.1) is 11.1 Å². The molecule has 31 heavy (non-hydrogen) atoms. The second kappa shape index (κ2) is 10.6. The van der Waals surface area contributed by atoms with Crippen LogP contribution < -0.4 is 4.74 Å². The van der Waals surface area contributed by atoms with Crippen molar-refractivity contribution in [2.45, 2.75) is 46.5 Å². The van der Waals surface area contributed by atoms with Crippen LogP contribution in [0.25, 0.3) is 11.1 Å². The molecule has 0 spiro atoms. The molecule has 0 amide bonds. The first-order valence-electron chi connectivity index (χ1n) is 11.0. The first-order valence-corrected chi connectivity index (χ1v) is 11.0. The fourth-order valence-corrected chi connectivity index (χ4v) is 3.54. The first-order chi connectivity index (χ1) is 15.0. The summed E-state index contributed by atoms with van der Waals surface area (Å²) in [6, 6.07) is 23.5. The van der Waals surface area contributed by atoms with Crippen LogP contribution in [0.4, 0.5) is 0 Å². The zero-order valence-corrected chi connectivity index (χ0v) is 18.5. The number of nitriles is 1. The number of ether oxygens (including phenoxy) is 1. The van der Waals surface area contributed by atoms with Gasteiger partial charge in [0.15, 0.2) is 0 Å². The lowest BCUT2D eigenvalue weighted by Crippen LogP contribution is -2.09. The fourth-order valence-electron chi connectivity index (χ4n) is 3.54. The van der Waals surface area contributed by atoms with Crippen molar-refractivity contribution in [3.05, 3.63) is 89.0 Å². The van der Waals surface area contributed by atoms with Crippen molar-refractivity contribution in [1.82, 2.24) is 0 Å². The molecule has 1 atom stereocenters. The largest absolute Gasteiger partial charge is 0.422 e. The van der Waals surface area contributed by atoms with Gasteiger partial charge in [0.25, 0.3) is 0 Å². The molecule has 0 aliphatic heterocycles. The molecule has 0 N–H and O–H groups in total. The minimum atomic E-state index is -0.463. The lowest BCUT2D eigenvalue weighted by Gasteiger charge is -2.10. The predicted molar refractivity (Wildman–Crippen MR) is 125 cm³/mol. The van der Waals surface area contributed by atoms with Gasteiger partial charge >= 0.3 is 5.97 Å². The Morgan fingerprint density at radius 2 is 1.55 bits per heavy atom. The molecule has 0 saturated heterocycles. The number of esters is 1. The molecule has 3 nitrogen and oxygen atoms in total. The van der Waals surface area contributed by atoms with E-state index in [0.29, 0.717) is 22.8 Å². The standard InChI is InChI=1S/C28H29NO2/c1-4-6-21-9-16-27(26(18-21)19-29)31-28(30)25-14-12-24(13-15-25)23-10-7-22(8-11-23)17-20(3)5-2/h7-16,18,20H,4-6,17H2,1-3H3. The zero-order chi connectivity index (χ0) is 22.2. The van der Waals surface area contributed by atoms with E-state index in [1.807, 2.05) is 18.2 Å². The van der Waals surface area contributed by atoms with Gasteiger partial charge < -0.3 is 4.74 Å². The minimum absolute atomic E-state index is 0.299. The third-order valence-corrected chi connectivity index (χ3v) is 5.59. The van der Waals surface area contributed by atoms with Crippen molar-refractivity contribution in [3.8, 4) is 22.9 Å². The SMILES string of the molecule is CCCc1ccc(OC(=O)c2ccc(-c3ccc(CC(C)CC)cc3)cc2)c(C#N)c1. The number of rotatable bonds is 8. The summed E-state index contributed by atoms with van der Waals surface area (Å²) in [5.74, 6) is 0.518. The van der Waals surface area contributed by atoms with E-state index in [4.69, 9.17) is 4.74 Å². The van der Waals surface area contributed by atoms with Gasteiger partial charge in [-0.15, -0.1) is 0 Å². The average Bonchev–Trinajstić information content (AvgIpc) is 2.80. The molecule has 0 aliphatic rings. The summed E-state index contributed by atoms with van der Waals surface area (Å²) < 4.78 is 5.50. The van der Waals surface area contributed by atoms with Crippen LogP contribution in [0, 0.1) is 17.2 Å². The van der Waals surface area contributed by atoms with E-state index >= 15 is 0 Å². The van der Waals surface area contributed by atoms with Gasteiger partial charge in [-0.05, 0) is 65.3 Å². The second-order valence-corrected chi connectivity index (χ2v) is 8.07. The molecule has 3 aromatic carbocycles. The topological polar surface area (TPSA) is 50.1 Å². The smallest absolute Gasteiger partial charge is 0.343 e. The van der Waals surface area contributed by atoms with E-state index in [-0.39, 0.29) is 0 Å². The molecule has 1 unspecified atom stereocenters. The Bertz CT molecular complexity index is 1060. The number of hydrogen-bond acceptors (Lipinski definition) is 3. The molecular formula is C28H29NO2. The number of carbonyl (C=O) groups is 1. The van der Waals surface area contributed by atoms with Crippen molar-refractivity contribution in [1.29, 1.82) is 5.26 Å². The Morgan fingerprint density at radius 3 is 2.13 bits per heavy atom. The van der Waals surface area contributed by atoms with Crippen LogP contribution >= 0.6 is 0 Å². The number of carbonyl (C=O) groups excluding carboxylic acids is 1. The van der Waals surface area contributed by atoms with E-state index in [9.17, 15) is 10.1 Å². The summed E-state index contributed by atoms with van der Waals surface area (Å²) in [5, 5.41) is 9.40. The highest BCUT2D eigenvalue weighted by Crippen LogP contribution is 2.24. The van der Waals surface area contributed by atoms with Crippen molar-refractivity contribution in [2.24, 2.45) is 5.92 Å². The highest BCUT2D eigenvalue weighted by molar-refractivity contribution is 5.92. The molecule has 0 bridgehead atoms. The third kappa shape index (κ3) is 5.83. The summed E-state index contributed by atoms with van der Waals surface area (Å²) in [7, 11) is 0. The lowest BCUT2D eigenvalue weighted by atomic mass is 9.96. The maximum Gasteiger partial charge on any atom is 0.343 e. The minimum Gasteiger partial charge on any atom is -0.422 e. The molecule has 0 aliphatic carbocycles. The number of aryl methyl sites for hydroxylation is 1. The summed E-state index contributed by atoms with van der Waals surface area (Å²) in [6.07, 6.45) is 4.16. The zero-order valence-electron chi connectivity index (χ0n) is 18.5. The normalized spacial score (nSPS) is 11.5. The molecule has 3 heteroatoms. The molecule has 0 radical (unpaired) electrons. The maximum atomic E-state index is 12.6. The highest BCUT2D eigenvalue weighted by Gasteiger charge is 2.13. The van der Waals surface area contributed by atoms with Gasteiger partial charge in [0.1, 0.15) is 11.8 Å². The van der Waals surface area contributed by atoms with Gasteiger partial charge in [-0.1, -0.05) is 76.1 Å². The molecular weight excluding hydrogens is 382 g/mol. The second-order valence-electron chi connectivity index (χ2n) is 8.07. The summed E-state index contributed by atoms with van der Waals surface area (Å²) in [5.41, 5.74) is 5.42. The maximum absolute atomic E-state index is 12.6. The Hall–Kier alpha value is -3.38. The summed E-state index contributed by atoms with van der Waals surface area (Å²) in [4.78, 5) is 12.6. The van der Waals surface area contributed by atoms with Crippen LogP contribution in [0.2, 0.25) is 0 Å². The Labute approximate surface area is 185 Å². The van der Waals surface area contributed by atoms with Gasteiger partial charge in [0, 0.05) is 0 Å². The van der Waals surface area contributed by atoms with Gasteiger partial charge in [-0.3, -0.25) is 0 Å². The lowest BCUT2D eigenvalue weighted by molar-refractivity contribution is 0.0734. The van der Waals surface area contributed by atoms with E-state index in [0.717, 1.165) is 36.0 Å². The van der Waals surface area contributed by atoms with Crippen molar-refractivity contribution < 1.29 is 9.53 Å². The molecule has 0 aromatic heterocycles. The van der Waals surface area contributed by atoms with Crippen molar-refractivity contribution in [3.63, 3.8) is 0 Å². The Balaban J connectivity index is 1.70. The highest BCUT2D eigenvalue weighted by atomic mass is 16.5. The molecule has 158 valence electrons. The van der Waals surface area contributed by atoms with Gasteiger partial charge in [-0.2, -0.15) is 5.26 Å². The number of benzene rings is 3. The predicted octanol–water partition coefficient (Wildman–Crippen LogP) is 6.99. The number of hydrogen-bond donors (Lipinski definition) is 0. The number of nitrogens with zero attached hydrogens (tertiary/aromatic N) is 1. The Morgan fingerprint density at radius 1 is 0.935 bits per heavy atom. The third-order valence-electron chi connectivity index (χ3n) is 5.59. The first kappa shape index (κ1) is 22.3. The monoisotopic (exact) mass is 411 g/mol. The molecule has 3 aromatic rings. The van der Waals surface area contributed by atoms with Crippen LogP contribution in [-0.2, 0) is 12.8 Å². The summed E-state index contributed by atoms with van der Waals surface area (Å²) >= 11 is 0. The van der Waals surface area contributed by atoms with Crippen molar-refractivity contribution >= 4 is 5.97 Å². The van der Waals surface area contributed by atoms with Gasteiger partial charge in [0.2, 0.25) is 0 Å². The van der Waals surface area contributed by atoms with E-state index in [1.165, 1.54) is 12.0 Å². The van der Waals surface area contributed by atoms with Crippen LogP contribution in [0.5, 0.6) is 5.75 Å². The van der Waals surface area contributed by atoms with E-state index in [1.54, 1.807) is 24.3 Å². The molecule has 0 saturated carbocycles. The van der Waals surface area contributed by atoms with Crippen LogP contribution in [0.15, 0.2) is 66.7 Å². The summed E-state index contributed by atoms with van der Waals surface area (Å²) in [6.45, 7) is 6.57. The quantitative estimate of drug-likeness (QED) is 0.296. The molecule has 3 rings (SSSR count). The van der Waals surface area contributed by atoms with E-state index in [2.05, 4.69) is 51.1 Å². The fraction of sp³-hybridized carbons (Fsp3) is 0.286. The van der Waals surface area contributed by atoms with Crippen LogP contribution in [-0.4, -0.2) is 5.97 Å². The molecule has 0 fully saturated rings. The van der Waals surface area contributed by atoms with Gasteiger partial charge in [-0.25, -0.2) is 4.79 Å². The Kier molecular flexibility index (Phi) is 7.62. The average molecular weight is 412 g/mol. The van der Waals surface area contributed by atoms with Crippen LogP contribution in [0.1, 0.15) is 60.7 Å². The van der Waals surface area contributed by atoms with E-state index < -0.39 is 5.97 Å².